The molecule has 0 saturated heterocycles. The highest BCUT2D eigenvalue weighted by atomic mass is 16.5. The molecule has 1 fully saturated rings. The third-order valence-corrected chi connectivity index (χ3v) is 4.30. The van der Waals surface area contributed by atoms with Gasteiger partial charge in [0.2, 0.25) is 0 Å². The molecule has 0 bridgehead atoms. The number of hydrogen-bond acceptors (Lipinski definition) is 4. The molecule has 1 aliphatic carbocycles. The minimum absolute atomic E-state index is 0.0422. The Kier molecular flexibility index (Phi) is 4.57. The summed E-state index contributed by atoms with van der Waals surface area (Å²) >= 11 is 0. The molecule has 4 nitrogen and oxygen atoms in total. The van der Waals surface area contributed by atoms with Crippen molar-refractivity contribution in [2.75, 3.05) is 12.3 Å². The zero-order chi connectivity index (χ0) is 15.7. The van der Waals surface area contributed by atoms with E-state index >= 15 is 0 Å². The Bertz CT molecular complexity index is 491. The van der Waals surface area contributed by atoms with Crippen molar-refractivity contribution in [2.45, 2.75) is 71.3 Å². The lowest BCUT2D eigenvalue weighted by Gasteiger charge is -2.39. The van der Waals surface area contributed by atoms with Crippen molar-refractivity contribution in [1.29, 1.82) is 0 Å². The molecule has 118 valence electrons. The van der Waals surface area contributed by atoms with Crippen LogP contribution in [0.2, 0.25) is 0 Å². The molecule has 0 aliphatic heterocycles. The van der Waals surface area contributed by atoms with Crippen molar-refractivity contribution in [3.63, 3.8) is 0 Å². The largest absolute Gasteiger partial charge is 0.384 e. The lowest BCUT2D eigenvalue weighted by molar-refractivity contribution is -0.0882. The molecular formula is C17H29N3O. The summed E-state index contributed by atoms with van der Waals surface area (Å²) in [6.45, 7) is 11.4. The molecule has 2 rings (SSSR count). The van der Waals surface area contributed by atoms with E-state index in [0.29, 0.717) is 18.3 Å². The molecule has 0 aromatic carbocycles. The first-order valence-electron chi connectivity index (χ1n) is 8.06. The first kappa shape index (κ1) is 16.2. The smallest absolute Gasteiger partial charge is 0.162 e. The van der Waals surface area contributed by atoms with Crippen LogP contribution in [0.15, 0.2) is 6.07 Å². The minimum Gasteiger partial charge on any atom is -0.384 e. The van der Waals surface area contributed by atoms with E-state index in [-0.39, 0.29) is 11.0 Å². The zero-order valence-corrected chi connectivity index (χ0v) is 14.1. The first-order valence-corrected chi connectivity index (χ1v) is 8.06. The Labute approximate surface area is 128 Å². The summed E-state index contributed by atoms with van der Waals surface area (Å²) < 4.78 is 6.17. The van der Waals surface area contributed by atoms with Crippen LogP contribution in [0.1, 0.15) is 71.8 Å². The van der Waals surface area contributed by atoms with Crippen LogP contribution in [0, 0.1) is 5.92 Å². The van der Waals surface area contributed by atoms with E-state index in [4.69, 9.17) is 15.5 Å². The van der Waals surface area contributed by atoms with Crippen LogP contribution in [0.3, 0.4) is 0 Å². The standard InChI is InChI=1S/C17H29N3O/c1-6-21-17(9-7-8-12(2)11-17)15-19-13(16(3,4)5)10-14(18)20-15/h10,12H,6-9,11H2,1-5H3,(H2,18,19,20). The van der Waals surface area contributed by atoms with E-state index in [9.17, 15) is 0 Å². The molecule has 21 heavy (non-hydrogen) atoms. The maximum atomic E-state index is 6.17. The SMILES string of the molecule is CCOC1(c2nc(N)cc(C(C)(C)C)n2)CCCC(C)C1. The Morgan fingerprint density at radius 3 is 2.67 bits per heavy atom. The highest BCUT2D eigenvalue weighted by molar-refractivity contribution is 5.34. The minimum atomic E-state index is -0.359. The third-order valence-electron chi connectivity index (χ3n) is 4.30. The average molecular weight is 291 g/mol. The number of ether oxygens (including phenoxy) is 1. The Morgan fingerprint density at radius 1 is 1.38 bits per heavy atom. The van der Waals surface area contributed by atoms with Gasteiger partial charge in [-0.1, -0.05) is 34.1 Å². The zero-order valence-electron chi connectivity index (χ0n) is 14.1. The van der Waals surface area contributed by atoms with Crippen LogP contribution in [0.4, 0.5) is 5.82 Å². The number of nitrogens with two attached hydrogens (primary N) is 1. The molecule has 1 heterocycles. The molecule has 2 atom stereocenters. The number of anilines is 1. The molecule has 0 radical (unpaired) electrons. The van der Waals surface area contributed by atoms with Crippen LogP contribution < -0.4 is 5.73 Å². The maximum Gasteiger partial charge on any atom is 0.162 e. The molecule has 0 spiro atoms. The number of aromatic nitrogens is 2. The second-order valence-corrected chi connectivity index (χ2v) is 7.38. The average Bonchev–Trinajstić information content (AvgIpc) is 2.37. The second kappa shape index (κ2) is 5.91. The van der Waals surface area contributed by atoms with Crippen LogP contribution in [0.25, 0.3) is 0 Å². The molecule has 1 aromatic rings. The van der Waals surface area contributed by atoms with Gasteiger partial charge in [0.05, 0.1) is 5.69 Å². The normalized spacial score (nSPS) is 26.8. The number of nitrogens with zero attached hydrogens (tertiary/aromatic N) is 2. The van der Waals surface area contributed by atoms with Crippen molar-refractivity contribution in [1.82, 2.24) is 9.97 Å². The van der Waals surface area contributed by atoms with Gasteiger partial charge in [-0.25, -0.2) is 9.97 Å². The monoisotopic (exact) mass is 291 g/mol. The van der Waals surface area contributed by atoms with Gasteiger partial charge in [-0.15, -0.1) is 0 Å². The van der Waals surface area contributed by atoms with Crippen LogP contribution in [0.5, 0.6) is 0 Å². The molecule has 1 aliphatic rings. The molecule has 2 N–H and O–H groups in total. The van der Waals surface area contributed by atoms with Gasteiger partial charge in [0.25, 0.3) is 0 Å². The molecule has 4 heteroatoms. The molecule has 1 saturated carbocycles. The lowest BCUT2D eigenvalue weighted by Crippen LogP contribution is -2.38. The van der Waals surface area contributed by atoms with Crippen LogP contribution in [-0.4, -0.2) is 16.6 Å². The predicted molar refractivity (Wildman–Crippen MR) is 86.1 cm³/mol. The van der Waals surface area contributed by atoms with Crippen molar-refractivity contribution >= 4 is 5.82 Å². The highest BCUT2D eigenvalue weighted by Gasteiger charge is 2.40. The summed E-state index contributed by atoms with van der Waals surface area (Å²) in [5, 5.41) is 0. The summed E-state index contributed by atoms with van der Waals surface area (Å²) in [6, 6.07) is 1.88. The van der Waals surface area contributed by atoms with Gasteiger partial charge in [-0.2, -0.15) is 0 Å². The van der Waals surface area contributed by atoms with E-state index in [1.807, 2.05) is 13.0 Å². The van der Waals surface area contributed by atoms with Gasteiger partial charge in [0.15, 0.2) is 5.82 Å². The quantitative estimate of drug-likeness (QED) is 0.920. The molecule has 0 amide bonds. The molecule has 1 aromatic heterocycles. The van der Waals surface area contributed by atoms with E-state index in [1.54, 1.807) is 0 Å². The van der Waals surface area contributed by atoms with E-state index < -0.39 is 0 Å². The van der Waals surface area contributed by atoms with Crippen molar-refractivity contribution in [2.24, 2.45) is 5.92 Å². The van der Waals surface area contributed by atoms with Gasteiger partial charge in [0, 0.05) is 18.1 Å². The summed E-state index contributed by atoms with van der Waals surface area (Å²) in [7, 11) is 0. The van der Waals surface area contributed by atoms with Crippen LogP contribution >= 0.6 is 0 Å². The fourth-order valence-corrected chi connectivity index (χ4v) is 3.23. The van der Waals surface area contributed by atoms with Gasteiger partial charge < -0.3 is 10.5 Å². The Morgan fingerprint density at radius 2 is 2.10 bits per heavy atom. The van der Waals surface area contributed by atoms with E-state index in [2.05, 4.69) is 32.7 Å². The maximum absolute atomic E-state index is 6.17. The number of rotatable bonds is 3. The van der Waals surface area contributed by atoms with Crippen molar-refractivity contribution in [3.8, 4) is 0 Å². The molecular weight excluding hydrogens is 262 g/mol. The Hall–Kier alpha value is -1.16. The topological polar surface area (TPSA) is 61.0 Å². The van der Waals surface area contributed by atoms with E-state index in [0.717, 1.165) is 30.8 Å². The van der Waals surface area contributed by atoms with Gasteiger partial charge in [-0.05, 0) is 32.1 Å². The van der Waals surface area contributed by atoms with Crippen molar-refractivity contribution < 1.29 is 4.74 Å². The van der Waals surface area contributed by atoms with Crippen molar-refractivity contribution in [3.05, 3.63) is 17.6 Å². The molecule has 2 unspecified atom stereocenters. The summed E-state index contributed by atoms with van der Waals surface area (Å²) in [6.07, 6.45) is 4.37. The first-order chi connectivity index (χ1) is 9.77. The third kappa shape index (κ3) is 3.54. The fourth-order valence-electron chi connectivity index (χ4n) is 3.23. The summed E-state index contributed by atoms with van der Waals surface area (Å²) in [4.78, 5) is 9.38. The van der Waals surface area contributed by atoms with Gasteiger partial charge >= 0.3 is 0 Å². The lowest BCUT2D eigenvalue weighted by atomic mass is 9.78. The summed E-state index contributed by atoms with van der Waals surface area (Å²) in [5.74, 6) is 1.96. The number of nitrogen functional groups attached to an aromatic ring is 1. The summed E-state index contributed by atoms with van der Waals surface area (Å²) in [5.41, 5.74) is 6.63. The van der Waals surface area contributed by atoms with Gasteiger partial charge in [-0.3, -0.25) is 0 Å². The highest BCUT2D eigenvalue weighted by Crippen LogP contribution is 2.42. The van der Waals surface area contributed by atoms with Gasteiger partial charge in [0.1, 0.15) is 11.4 Å². The van der Waals surface area contributed by atoms with Crippen LogP contribution in [-0.2, 0) is 15.8 Å². The van der Waals surface area contributed by atoms with E-state index in [1.165, 1.54) is 6.42 Å². The number of hydrogen-bond donors (Lipinski definition) is 1. The predicted octanol–water partition coefficient (Wildman–Crippen LogP) is 3.80. The second-order valence-electron chi connectivity index (χ2n) is 7.38. The Balaban J connectivity index is 2.47. The fraction of sp³-hybridized carbons (Fsp3) is 0.765.